The Morgan fingerprint density at radius 2 is 1.11 bits per heavy atom. The van der Waals surface area contributed by atoms with E-state index in [0.717, 1.165) is 48.7 Å². The number of ketones is 1. The van der Waals surface area contributed by atoms with E-state index in [4.69, 9.17) is 23.7 Å². The maximum atomic E-state index is 15.3. The van der Waals surface area contributed by atoms with Crippen LogP contribution in [0.5, 0.6) is 0 Å². The van der Waals surface area contributed by atoms with Gasteiger partial charge in [-0.2, -0.15) is 0 Å². The Kier molecular flexibility index (Phi) is 16.3. The number of hydrogen-bond donors (Lipinski definition) is 0. The lowest BCUT2D eigenvalue weighted by Crippen LogP contribution is -2.53. The molecule has 0 aliphatic rings. The smallest absolute Gasteiger partial charge is 0.303 e. The molecule has 322 valence electrons. The lowest BCUT2D eigenvalue weighted by Gasteiger charge is -2.37. The van der Waals surface area contributed by atoms with Gasteiger partial charge in [-0.3, -0.25) is 9.59 Å². The standard InChI is InChI=1S/C54H51FO7S/c1-38-23-24-45(31-46(38)32-48-29-30-50(63-48)44-25-27-47(55)28-26-44)51(57)53(60-35-42-19-11-5-12-20-42)54(61-36-43-21-13-6-14-22-43)52(59-34-41-17-9-4-10-18-41)49(62-39(2)56)37-58-33-40-15-7-3-8-16-40/h3-31,49,52-54H,32-37H2,1-2H3/t49-,52-,53+,54+/m1/s1. The van der Waals surface area contributed by atoms with Gasteiger partial charge >= 0.3 is 5.97 Å². The number of esters is 1. The second kappa shape index (κ2) is 22.9. The van der Waals surface area contributed by atoms with E-state index in [-0.39, 0.29) is 44.6 Å². The van der Waals surface area contributed by atoms with E-state index in [9.17, 15) is 9.18 Å². The van der Waals surface area contributed by atoms with Crippen LogP contribution in [-0.2, 0) is 61.3 Å². The van der Waals surface area contributed by atoms with Crippen LogP contribution in [0.3, 0.4) is 0 Å². The first kappa shape index (κ1) is 45.0. The van der Waals surface area contributed by atoms with Crippen LogP contribution in [0.25, 0.3) is 10.4 Å². The third-order valence-electron chi connectivity index (χ3n) is 10.6. The molecule has 0 fully saturated rings. The fourth-order valence-electron chi connectivity index (χ4n) is 7.27. The van der Waals surface area contributed by atoms with Gasteiger partial charge in [-0.15, -0.1) is 11.3 Å². The lowest BCUT2D eigenvalue weighted by molar-refractivity contribution is -0.194. The number of aryl methyl sites for hydroxylation is 1. The highest BCUT2D eigenvalue weighted by atomic mass is 32.1. The zero-order valence-electron chi connectivity index (χ0n) is 35.4. The maximum absolute atomic E-state index is 15.3. The summed E-state index contributed by atoms with van der Waals surface area (Å²) in [5, 5.41) is 0. The van der Waals surface area contributed by atoms with Crippen LogP contribution in [0.2, 0.25) is 0 Å². The average molecular weight is 863 g/mol. The predicted molar refractivity (Wildman–Crippen MR) is 245 cm³/mol. The molecule has 0 saturated carbocycles. The fraction of sp³-hybridized carbons (Fsp3) is 0.222. The van der Waals surface area contributed by atoms with E-state index in [1.165, 1.54) is 19.1 Å². The molecule has 9 heteroatoms. The number of halogens is 1. The molecule has 7 aromatic rings. The van der Waals surface area contributed by atoms with Crippen molar-refractivity contribution < 1.29 is 37.7 Å². The molecule has 6 aromatic carbocycles. The molecule has 0 saturated heterocycles. The molecular formula is C54H51FO7S. The Labute approximate surface area is 373 Å². The Hall–Kier alpha value is -6.07. The number of benzene rings is 6. The van der Waals surface area contributed by atoms with Crippen molar-refractivity contribution in [2.45, 2.75) is 71.1 Å². The topological polar surface area (TPSA) is 80.3 Å². The predicted octanol–water partition coefficient (Wildman–Crippen LogP) is 11.5. The zero-order valence-corrected chi connectivity index (χ0v) is 36.3. The van der Waals surface area contributed by atoms with Crippen molar-refractivity contribution in [1.29, 1.82) is 0 Å². The van der Waals surface area contributed by atoms with Crippen LogP contribution in [0.15, 0.2) is 176 Å². The summed E-state index contributed by atoms with van der Waals surface area (Å²) in [6.07, 6.45) is -3.80. The molecule has 63 heavy (non-hydrogen) atoms. The normalized spacial score (nSPS) is 13.2. The van der Waals surface area contributed by atoms with Gasteiger partial charge < -0.3 is 23.7 Å². The van der Waals surface area contributed by atoms with Crippen LogP contribution in [0.1, 0.15) is 55.5 Å². The summed E-state index contributed by atoms with van der Waals surface area (Å²) >= 11 is 1.63. The highest BCUT2D eigenvalue weighted by molar-refractivity contribution is 7.15. The molecule has 1 heterocycles. The minimum atomic E-state index is -1.23. The summed E-state index contributed by atoms with van der Waals surface area (Å²) in [6, 6.07) is 55.0. The second-order valence-corrected chi connectivity index (χ2v) is 16.5. The van der Waals surface area contributed by atoms with Crippen LogP contribution in [-0.4, -0.2) is 42.8 Å². The summed E-state index contributed by atoms with van der Waals surface area (Å²) in [5.74, 6) is -1.13. The van der Waals surface area contributed by atoms with E-state index in [1.807, 2.05) is 153 Å². The Bertz CT molecular complexity index is 2480. The summed E-state index contributed by atoms with van der Waals surface area (Å²) in [6.45, 7) is 3.92. The van der Waals surface area contributed by atoms with Gasteiger partial charge in [0.25, 0.3) is 0 Å². The summed E-state index contributed by atoms with van der Waals surface area (Å²) in [5.41, 5.74) is 6.93. The summed E-state index contributed by atoms with van der Waals surface area (Å²) < 4.78 is 46.4. The third kappa shape index (κ3) is 13.2. The zero-order chi connectivity index (χ0) is 43.8. The average Bonchev–Trinajstić information content (AvgIpc) is 3.78. The monoisotopic (exact) mass is 862 g/mol. The minimum Gasteiger partial charge on any atom is -0.457 e. The van der Waals surface area contributed by atoms with Gasteiger partial charge in [0.2, 0.25) is 0 Å². The maximum Gasteiger partial charge on any atom is 0.303 e. The minimum absolute atomic E-state index is 0.0475. The molecule has 0 aliphatic heterocycles. The van der Waals surface area contributed by atoms with Gasteiger partial charge in [0, 0.05) is 28.7 Å². The Balaban J connectivity index is 1.27. The van der Waals surface area contributed by atoms with Gasteiger partial charge in [-0.1, -0.05) is 146 Å². The number of thiophene rings is 1. The van der Waals surface area contributed by atoms with Crippen LogP contribution >= 0.6 is 11.3 Å². The van der Waals surface area contributed by atoms with Gasteiger partial charge in [0.1, 0.15) is 24.1 Å². The molecule has 0 unspecified atom stereocenters. The van der Waals surface area contributed by atoms with Crippen molar-refractivity contribution in [1.82, 2.24) is 0 Å². The fourth-order valence-corrected chi connectivity index (χ4v) is 8.30. The molecular weight excluding hydrogens is 812 g/mol. The number of hydrogen-bond acceptors (Lipinski definition) is 8. The van der Waals surface area contributed by atoms with Crippen molar-refractivity contribution in [2.24, 2.45) is 0 Å². The summed E-state index contributed by atoms with van der Waals surface area (Å²) in [4.78, 5) is 30.4. The SMILES string of the molecule is CC(=O)O[C@H](COCc1ccccc1)[C@@H](OCc1ccccc1)[C@H](OCc1ccccc1)[C@@H](OCc1ccccc1)C(=O)c1ccc(C)c(Cc2ccc(-c3ccc(F)cc3)s2)c1. The van der Waals surface area contributed by atoms with E-state index in [1.54, 1.807) is 23.5 Å². The molecule has 0 bridgehead atoms. The third-order valence-corrected chi connectivity index (χ3v) is 11.7. The van der Waals surface area contributed by atoms with Crippen molar-refractivity contribution in [3.05, 3.63) is 226 Å². The molecule has 7 nitrogen and oxygen atoms in total. The van der Waals surface area contributed by atoms with Crippen molar-refractivity contribution in [3.8, 4) is 10.4 Å². The Morgan fingerprint density at radius 1 is 0.587 bits per heavy atom. The molecule has 0 amide bonds. The molecule has 0 N–H and O–H groups in total. The molecule has 4 atom stereocenters. The van der Waals surface area contributed by atoms with Crippen molar-refractivity contribution in [2.75, 3.05) is 6.61 Å². The number of rotatable bonds is 22. The molecule has 1 aromatic heterocycles. The quantitative estimate of drug-likeness (QED) is 0.0496. The molecule has 0 spiro atoms. The van der Waals surface area contributed by atoms with Gasteiger partial charge in [0.05, 0.1) is 33.0 Å². The van der Waals surface area contributed by atoms with Crippen LogP contribution in [0.4, 0.5) is 4.39 Å². The van der Waals surface area contributed by atoms with Gasteiger partial charge in [0.15, 0.2) is 11.9 Å². The first-order chi connectivity index (χ1) is 30.8. The van der Waals surface area contributed by atoms with E-state index in [0.29, 0.717) is 12.0 Å². The first-order valence-corrected chi connectivity index (χ1v) is 21.8. The molecule has 0 aliphatic carbocycles. The number of Topliss-reactive ketones (excluding diaryl/α,β-unsaturated/α-hetero) is 1. The van der Waals surface area contributed by atoms with Gasteiger partial charge in [-0.05, 0) is 76.2 Å². The Morgan fingerprint density at radius 3 is 1.67 bits per heavy atom. The lowest BCUT2D eigenvalue weighted by atomic mass is 9.92. The number of carbonyl (C=O) groups excluding carboxylic acids is 2. The first-order valence-electron chi connectivity index (χ1n) is 21.0. The van der Waals surface area contributed by atoms with E-state index < -0.39 is 30.4 Å². The van der Waals surface area contributed by atoms with E-state index in [2.05, 4.69) is 6.07 Å². The second-order valence-electron chi connectivity index (χ2n) is 15.3. The largest absolute Gasteiger partial charge is 0.457 e. The molecule has 7 rings (SSSR count). The highest BCUT2D eigenvalue weighted by Crippen LogP contribution is 2.31. The van der Waals surface area contributed by atoms with Crippen molar-refractivity contribution in [3.63, 3.8) is 0 Å². The summed E-state index contributed by atoms with van der Waals surface area (Å²) in [7, 11) is 0. The van der Waals surface area contributed by atoms with E-state index >= 15 is 4.79 Å². The van der Waals surface area contributed by atoms with Crippen LogP contribution < -0.4 is 0 Å². The van der Waals surface area contributed by atoms with Crippen LogP contribution in [0, 0.1) is 12.7 Å². The van der Waals surface area contributed by atoms with Gasteiger partial charge in [-0.25, -0.2) is 4.39 Å². The number of carbonyl (C=O) groups is 2. The number of ether oxygens (including phenoxy) is 5. The van der Waals surface area contributed by atoms with Crippen molar-refractivity contribution >= 4 is 23.1 Å². The molecule has 0 radical (unpaired) electrons. The highest BCUT2D eigenvalue weighted by Gasteiger charge is 2.43.